The Balaban J connectivity index is 2.35. The molecule has 1 aliphatic carbocycles. The van der Waals surface area contributed by atoms with Crippen LogP contribution < -0.4 is 5.73 Å². The van der Waals surface area contributed by atoms with E-state index in [1.54, 1.807) is 0 Å². The molecule has 0 aromatic rings. The van der Waals surface area contributed by atoms with Crippen LogP contribution in [0.4, 0.5) is 0 Å². The van der Waals surface area contributed by atoms with Gasteiger partial charge in [0, 0.05) is 6.04 Å². The molecule has 0 radical (unpaired) electrons. The predicted octanol–water partition coefficient (Wildman–Crippen LogP) is -0.103. The molecule has 0 unspecified atom stereocenters. The quantitative estimate of drug-likeness (QED) is 0.503. The zero-order valence-corrected chi connectivity index (χ0v) is 5.46. The van der Waals surface area contributed by atoms with Gasteiger partial charge < -0.3 is 10.5 Å². The van der Waals surface area contributed by atoms with E-state index in [-0.39, 0.29) is 17.9 Å². The number of carbonyl (C=O) groups is 1. The molecule has 3 nitrogen and oxygen atoms in total. The minimum absolute atomic E-state index is 0.0185. The molecule has 52 valence electrons. The molecule has 1 fully saturated rings. The van der Waals surface area contributed by atoms with E-state index >= 15 is 0 Å². The fourth-order valence-corrected chi connectivity index (χ4v) is 0.970. The zero-order chi connectivity index (χ0) is 6.85. The van der Waals surface area contributed by atoms with Crippen molar-refractivity contribution < 1.29 is 9.53 Å². The van der Waals surface area contributed by atoms with Crippen LogP contribution in [0, 0.1) is 5.92 Å². The van der Waals surface area contributed by atoms with Crippen molar-refractivity contribution in [2.75, 3.05) is 7.11 Å². The van der Waals surface area contributed by atoms with E-state index in [1.165, 1.54) is 7.11 Å². The first-order chi connectivity index (χ1) is 4.25. The van der Waals surface area contributed by atoms with Gasteiger partial charge in [0.2, 0.25) is 0 Å². The van der Waals surface area contributed by atoms with Crippen LogP contribution >= 0.6 is 0 Å². The molecule has 1 rings (SSSR count). The average molecular weight is 129 g/mol. The molecule has 2 N–H and O–H groups in total. The third-order valence-electron chi connectivity index (χ3n) is 1.83. The van der Waals surface area contributed by atoms with E-state index in [1.807, 2.05) is 0 Å². The summed E-state index contributed by atoms with van der Waals surface area (Å²) in [6.45, 7) is 0. The lowest BCUT2D eigenvalue weighted by Crippen LogP contribution is -2.44. The van der Waals surface area contributed by atoms with E-state index in [0.717, 1.165) is 12.8 Å². The summed E-state index contributed by atoms with van der Waals surface area (Å²) in [7, 11) is 1.40. The van der Waals surface area contributed by atoms with E-state index in [9.17, 15) is 4.79 Å². The Bertz CT molecular complexity index is 124. The first-order valence-corrected chi connectivity index (χ1v) is 3.09. The maximum atomic E-state index is 10.7. The summed E-state index contributed by atoms with van der Waals surface area (Å²) >= 11 is 0. The Morgan fingerprint density at radius 2 is 2.33 bits per heavy atom. The topological polar surface area (TPSA) is 52.3 Å². The molecule has 1 aliphatic rings. The smallest absolute Gasteiger partial charge is 0.310 e. The molecular weight excluding hydrogens is 118 g/mol. The molecule has 0 spiro atoms. The summed E-state index contributed by atoms with van der Waals surface area (Å²) in [6, 6.07) is 0.0532. The van der Waals surface area contributed by atoms with Gasteiger partial charge in [-0.05, 0) is 12.8 Å². The lowest BCUT2D eigenvalue weighted by atomic mass is 9.80. The Kier molecular flexibility index (Phi) is 1.71. The van der Waals surface area contributed by atoms with Crippen LogP contribution in [0.5, 0.6) is 0 Å². The molecular formula is C6H11NO2. The fraction of sp³-hybridized carbons (Fsp3) is 0.833. The van der Waals surface area contributed by atoms with Gasteiger partial charge in [-0.2, -0.15) is 0 Å². The normalized spacial score (nSPS) is 33.1. The van der Waals surface area contributed by atoms with Gasteiger partial charge in [-0.3, -0.25) is 4.79 Å². The van der Waals surface area contributed by atoms with Crippen molar-refractivity contribution in [3.63, 3.8) is 0 Å². The predicted molar refractivity (Wildman–Crippen MR) is 32.7 cm³/mol. The highest BCUT2D eigenvalue weighted by Crippen LogP contribution is 2.25. The molecule has 0 aromatic carbocycles. The number of hydrogen-bond acceptors (Lipinski definition) is 3. The van der Waals surface area contributed by atoms with Crippen molar-refractivity contribution in [1.29, 1.82) is 0 Å². The SMILES string of the molecule is COC(=O)[C@H]1CC[C@H]1N. The highest BCUT2D eigenvalue weighted by molar-refractivity contribution is 5.74. The number of rotatable bonds is 1. The minimum atomic E-state index is -0.159. The van der Waals surface area contributed by atoms with E-state index in [4.69, 9.17) is 5.73 Å². The third kappa shape index (κ3) is 1.05. The molecule has 0 saturated heterocycles. The van der Waals surface area contributed by atoms with Crippen molar-refractivity contribution in [2.24, 2.45) is 11.7 Å². The Labute approximate surface area is 54.2 Å². The highest BCUT2D eigenvalue weighted by Gasteiger charge is 2.34. The summed E-state index contributed by atoms with van der Waals surface area (Å²) in [5.41, 5.74) is 5.50. The fourth-order valence-electron chi connectivity index (χ4n) is 0.970. The van der Waals surface area contributed by atoms with Gasteiger partial charge in [0.1, 0.15) is 0 Å². The third-order valence-corrected chi connectivity index (χ3v) is 1.83. The lowest BCUT2D eigenvalue weighted by Gasteiger charge is -2.30. The molecule has 0 bridgehead atoms. The standard InChI is InChI=1S/C6H11NO2/c1-9-6(8)4-2-3-5(4)7/h4-5H,2-3,7H2,1H3/t4-,5+/m0/s1. The van der Waals surface area contributed by atoms with Gasteiger partial charge in [0.25, 0.3) is 0 Å². The number of carbonyl (C=O) groups excluding carboxylic acids is 1. The molecule has 9 heavy (non-hydrogen) atoms. The van der Waals surface area contributed by atoms with E-state index < -0.39 is 0 Å². The van der Waals surface area contributed by atoms with Crippen LogP contribution in [0.2, 0.25) is 0 Å². The van der Waals surface area contributed by atoms with Crippen LogP contribution in [0.25, 0.3) is 0 Å². The monoisotopic (exact) mass is 129 g/mol. The number of methoxy groups -OCH3 is 1. The summed E-state index contributed by atoms with van der Waals surface area (Å²) in [6.07, 6.45) is 1.85. The van der Waals surface area contributed by atoms with Gasteiger partial charge >= 0.3 is 5.97 Å². The van der Waals surface area contributed by atoms with Gasteiger partial charge in [0.05, 0.1) is 13.0 Å². The second kappa shape index (κ2) is 2.35. The van der Waals surface area contributed by atoms with Crippen LogP contribution in [-0.4, -0.2) is 19.1 Å². The number of nitrogens with two attached hydrogens (primary N) is 1. The van der Waals surface area contributed by atoms with Crippen molar-refractivity contribution in [1.82, 2.24) is 0 Å². The highest BCUT2D eigenvalue weighted by atomic mass is 16.5. The van der Waals surface area contributed by atoms with Crippen LogP contribution in [0.1, 0.15) is 12.8 Å². The summed E-state index contributed by atoms with van der Waals surface area (Å²) < 4.78 is 4.51. The second-order valence-corrected chi connectivity index (χ2v) is 2.37. The van der Waals surface area contributed by atoms with Crippen molar-refractivity contribution in [3.8, 4) is 0 Å². The van der Waals surface area contributed by atoms with Gasteiger partial charge in [0.15, 0.2) is 0 Å². The number of ether oxygens (including phenoxy) is 1. The number of hydrogen-bond donors (Lipinski definition) is 1. The zero-order valence-electron chi connectivity index (χ0n) is 5.46. The Morgan fingerprint density at radius 1 is 1.67 bits per heavy atom. The summed E-state index contributed by atoms with van der Waals surface area (Å²) in [5, 5.41) is 0. The van der Waals surface area contributed by atoms with Crippen molar-refractivity contribution in [3.05, 3.63) is 0 Å². The largest absolute Gasteiger partial charge is 0.469 e. The van der Waals surface area contributed by atoms with Crippen LogP contribution in [0.3, 0.4) is 0 Å². The molecule has 1 saturated carbocycles. The van der Waals surface area contributed by atoms with Crippen molar-refractivity contribution in [2.45, 2.75) is 18.9 Å². The molecule has 0 aliphatic heterocycles. The Morgan fingerprint density at radius 3 is 2.44 bits per heavy atom. The maximum Gasteiger partial charge on any atom is 0.310 e. The molecule has 2 atom stereocenters. The summed E-state index contributed by atoms with van der Waals surface area (Å²) in [5.74, 6) is -0.177. The van der Waals surface area contributed by atoms with E-state index in [2.05, 4.69) is 4.74 Å². The van der Waals surface area contributed by atoms with Crippen molar-refractivity contribution >= 4 is 5.97 Å². The van der Waals surface area contributed by atoms with Crippen LogP contribution in [0.15, 0.2) is 0 Å². The Hall–Kier alpha value is -0.570. The number of esters is 1. The van der Waals surface area contributed by atoms with Gasteiger partial charge in [-0.15, -0.1) is 0 Å². The first-order valence-electron chi connectivity index (χ1n) is 3.09. The van der Waals surface area contributed by atoms with Gasteiger partial charge in [-0.1, -0.05) is 0 Å². The molecule has 3 heteroatoms. The first kappa shape index (κ1) is 6.55. The summed E-state index contributed by atoms with van der Waals surface area (Å²) in [4.78, 5) is 10.7. The van der Waals surface area contributed by atoms with E-state index in [0.29, 0.717) is 0 Å². The minimum Gasteiger partial charge on any atom is -0.469 e. The molecule has 0 amide bonds. The lowest BCUT2D eigenvalue weighted by molar-refractivity contribution is -0.149. The molecule has 0 heterocycles. The average Bonchev–Trinajstić information content (AvgIpc) is 1.84. The molecule has 0 aromatic heterocycles. The van der Waals surface area contributed by atoms with Crippen LogP contribution in [-0.2, 0) is 9.53 Å². The van der Waals surface area contributed by atoms with Gasteiger partial charge in [-0.25, -0.2) is 0 Å². The maximum absolute atomic E-state index is 10.7. The second-order valence-electron chi connectivity index (χ2n) is 2.37.